The highest BCUT2D eigenvalue weighted by atomic mass is 16.3. The van der Waals surface area contributed by atoms with Crippen molar-refractivity contribution in [2.75, 3.05) is 0 Å². The number of fused-ring (bicyclic) bond motifs is 3. The maximum atomic E-state index is 6.58. The predicted molar refractivity (Wildman–Crippen MR) is 299 cm³/mol. The third kappa shape index (κ3) is 8.66. The van der Waals surface area contributed by atoms with E-state index in [1.165, 1.54) is 0 Å². The Morgan fingerprint density at radius 2 is 0.603 bits per heavy atom. The summed E-state index contributed by atoms with van der Waals surface area (Å²) in [5.74, 6) is 1.23. The number of nitrogens with zero attached hydrogens (tertiary/aromatic N) is 4. The van der Waals surface area contributed by atoms with E-state index in [2.05, 4.69) is 243 Å². The number of aromatic nitrogens is 4. The van der Waals surface area contributed by atoms with E-state index >= 15 is 0 Å². The fourth-order valence-electron chi connectivity index (χ4n) is 9.77. The molecule has 0 saturated carbocycles. The molecule has 5 heteroatoms. The van der Waals surface area contributed by atoms with Gasteiger partial charge in [0.05, 0.1) is 11.4 Å². The predicted octanol–water partition coefficient (Wildman–Crippen LogP) is 17.8. The lowest BCUT2D eigenvalue weighted by molar-refractivity contribution is 0.667. The summed E-state index contributed by atoms with van der Waals surface area (Å²) >= 11 is 0. The summed E-state index contributed by atoms with van der Waals surface area (Å²) < 4.78 is 6.58. The summed E-state index contributed by atoms with van der Waals surface area (Å²) in [6.45, 7) is 0. The molecule has 0 aliphatic rings. The lowest BCUT2D eigenvalue weighted by Gasteiger charge is -2.15. The Hall–Kier alpha value is -9.84. The Kier molecular flexibility index (Phi) is 11.1. The van der Waals surface area contributed by atoms with Crippen molar-refractivity contribution < 1.29 is 4.42 Å². The first kappa shape index (κ1) is 43.2. The van der Waals surface area contributed by atoms with Crippen molar-refractivity contribution in [2.24, 2.45) is 0 Å². The lowest BCUT2D eigenvalue weighted by atomic mass is 9.93. The number of benzene rings is 10. The van der Waals surface area contributed by atoms with Gasteiger partial charge < -0.3 is 4.42 Å². The second kappa shape index (κ2) is 18.8. The summed E-state index contributed by atoms with van der Waals surface area (Å²) in [4.78, 5) is 21.3. The van der Waals surface area contributed by atoms with Gasteiger partial charge in [0, 0.05) is 33.2 Å². The van der Waals surface area contributed by atoms with E-state index in [4.69, 9.17) is 24.4 Å². The molecule has 0 aliphatic heterocycles. The van der Waals surface area contributed by atoms with E-state index in [1.807, 2.05) is 24.3 Å². The van der Waals surface area contributed by atoms with Gasteiger partial charge in [0.25, 0.3) is 0 Å². The highest BCUT2D eigenvalue weighted by Gasteiger charge is 2.20. The maximum absolute atomic E-state index is 6.58. The minimum absolute atomic E-state index is 0.604. The minimum atomic E-state index is 0.604. The number of furan rings is 1. The van der Waals surface area contributed by atoms with Crippen molar-refractivity contribution in [3.05, 3.63) is 267 Å². The highest BCUT2D eigenvalue weighted by Crippen LogP contribution is 2.40. The average Bonchev–Trinajstić information content (AvgIpc) is 3.86. The van der Waals surface area contributed by atoms with Gasteiger partial charge in [-0.1, -0.05) is 206 Å². The van der Waals surface area contributed by atoms with Crippen LogP contribution in [-0.4, -0.2) is 19.9 Å². The molecule has 0 unspecified atom stereocenters. The first-order valence-electron chi connectivity index (χ1n) is 24.5. The van der Waals surface area contributed by atoms with E-state index in [0.717, 1.165) is 111 Å². The van der Waals surface area contributed by atoms with Crippen LogP contribution in [0.5, 0.6) is 0 Å². The van der Waals surface area contributed by atoms with Gasteiger partial charge in [0.1, 0.15) is 16.8 Å². The molecule has 13 aromatic rings. The monoisotopic (exact) mass is 932 g/mol. The first-order valence-corrected chi connectivity index (χ1v) is 24.5. The molecule has 3 heterocycles. The van der Waals surface area contributed by atoms with Crippen molar-refractivity contribution in [1.29, 1.82) is 0 Å². The van der Waals surface area contributed by atoms with Crippen LogP contribution in [-0.2, 0) is 0 Å². The van der Waals surface area contributed by atoms with E-state index < -0.39 is 0 Å². The standard InChI is InChI=1S/C68H44N4O/c1-6-19-45(20-7-1)52-29-18-30-53(37-52)68-71-64(66-65(72-68)60-31-16-17-32-63(60)73-66)50-33-35-51(36-34-50)67-69-61(58-40-54(46-21-8-2-9-22-46)38-55(41-58)47-23-10-3-11-24-47)44-62(70-67)59-42-56(48-25-12-4-13-26-48)39-57(43-59)49-27-14-5-15-28-49/h1-44H. The molecule has 0 N–H and O–H groups in total. The molecule has 0 atom stereocenters. The Labute approximate surface area is 423 Å². The molecule has 0 saturated heterocycles. The molecule has 0 spiro atoms. The molecule has 0 aliphatic carbocycles. The molecule has 3 aromatic heterocycles. The van der Waals surface area contributed by atoms with Crippen molar-refractivity contribution in [1.82, 2.24) is 19.9 Å². The Balaban J connectivity index is 0.986. The van der Waals surface area contributed by atoms with Crippen LogP contribution in [0.4, 0.5) is 0 Å². The van der Waals surface area contributed by atoms with Gasteiger partial charge in [0.2, 0.25) is 0 Å². The van der Waals surface area contributed by atoms with Crippen LogP contribution < -0.4 is 0 Å². The highest BCUT2D eigenvalue weighted by molar-refractivity contribution is 6.07. The molecular formula is C68H44N4O. The zero-order valence-corrected chi connectivity index (χ0v) is 39.6. The van der Waals surface area contributed by atoms with Crippen LogP contribution in [0, 0.1) is 0 Å². The fourth-order valence-corrected chi connectivity index (χ4v) is 9.77. The normalized spacial score (nSPS) is 11.3. The average molecular weight is 933 g/mol. The largest absolute Gasteiger partial charge is 0.452 e. The molecule has 342 valence electrons. The number of rotatable bonds is 10. The Morgan fingerprint density at radius 3 is 1.10 bits per heavy atom. The first-order chi connectivity index (χ1) is 36.1. The van der Waals surface area contributed by atoms with E-state index in [0.29, 0.717) is 22.9 Å². The smallest absolute Gasteiger partial charge is 0.180 e. The van der Waals surface area contributed by atoms with Gasteiger partial charge >= 0.3 is 0 Å². The van der Waals surface area contributed by atoms with Crippen LogP contribution in [0.15, 0.2) is 271 Å². The lowest BCUT2D eigenvalue weighted by Crippen LogP contribution is -1.98. The molecule has 0 bridgehead atoms. The topological polar surface area (TPSA) is 64.7 Å². The zero-order chi connectivity index (χ0) is 48.5. The number of hydrogen-bond donors (Lipinski definition) is 0. The number of para-hydroxylation sites is 1. The van der Waals surface area contributed by atoms with Crippen molar-refractivity contribution in [3.63, 3.8) is 0 Å². The Bertz CT molecular complexity index is 3840. The van der Waals surface area contributed by atoms with Crippen LogP contribution >= 0.6 is 0 Å². The summed E-state index contributed by atoms with van der Waals surface area (Å²) in [7, 11) is 0. The van der Waals surface area contributed by atoms with Crippen molar-refractivity contribution >= 4 is 22.1 Å². The summed E-state index contributed by atoms with van der Waals surface area (Å²) in [5, 5.41) is 0.939. The summed E-state index contributed by atoms with van der Waals surface area (Å²) in [5.41, 5.74) is 20.3. The minimum Gasteiger partial charge on any atom is -0.452 e. The molecular weight excluding hydrogens is 889 g/mol. The molecule has 10 aromatic carbocycles. The van der Waals surface area contributed by atoms with Gasteiger partial charge in [-0.25, -0.2) is 19.9 Å². The third-order valence-corrected chi connectivity index (χ3v) is 13.5. The zero-order valence-electron chi connectivity index (χ0n) is 39.6. The second-order valence-electron chi connectivity index (χ2n) is 18.2. The van der Waals surface area contributed by atoms with Crippen molar-refractivity contribution in [3.8, 4) is 112 Å². The van der Waals surface area contributed by atoms with E-state index in [9.17, 15) is 0 Å². The van der Waals surface area contributed by atoms with Gasteiger partial charge in [-0.15, -0.1) is 0 Å². The molecule has 0 radical (unpaired) electrons. The molecule has 5 nitrogen and oxygen atoms in total. The van der Waals surface area contributed by atoms with Crippen LogP contribution in [0.25, 0.3) is 134 Å². The van der Waals surface area contributed by atoms with E-state index in [-0.39, 0.29) is 0 Å². The Morgan fingerprint density at radius 1 is 0.233 bits per heavy atom. The van der Waals surface area contributed by atoms with Crippen LogP contribution in [0.3, 0.4) is 0 Å². The van der Waals surface area contributed by atoms with E-state index in [1.54, 1.807) is 0 Å². The quantitative estimate of drug-likeness (QED) is 0.137. The van der Waals surface area contributed by atoms with Crippen LogP contribution in [0.2, 0.25) is 0 Å². The second-order valence-corrected chi connectivity index (χ2v) is 18.2. The van der Waals surface area contributed by atoms with Gasteiger partial charge in [-0.3, -0.25) is 0 Å². The molecule has 73 heavy (non-hydrogen) atoms. The van der Waals surface area contributed by atoms with Crippen molar-refractivity contribution in [2.45, 2.75) is 0 Å². The van der Waals surface area contributed by atoms with Gasteiger partial charge in [0.15, 0.2) is 17.2 Å². The van der Waals surface area contributed by atoms with Gasteiger partial charge in [-0.05, 0) is 116 Å². The molecule has 0 fully saturated rings. The number of hydrogen-bond acceptors (Lipinski definition) is 5. The SMILES string of the molecule is c1ccc(-c2cc(-c3ccccc3)cc(-c3cc(-c4cc(-c5ccccc5)cc(-c5ccccc5)c4)nc(-c4ccc(-c5nc(-c6cccc(-c7ccccc7)c6)nc6c5oc5ccccc56)cc4)n3)c2)cc1. The third-order valence-electron chi connectivity index (χ3n) is 13.5. The van der Waals surface area contributed by atoms with Crippen LogP contribution in [0.1, 0.15) is 0 Å². The van der Waals surface area contributed by atoms with Gasteiger partial charge in [-0.2, -0.15) is 0 Å². The maximum Gasteiger partial charge on any atom is 0.180 e. The summed E-state index contributed by atoms with van der Waals surface area (Å²) in [6, 6.07) is 93.1. The molecule has 13 rings (SSSR count). The fraction of sp³-hybridized carbons (Fsp3) is 0. The summed E-state index contributed by atoms with van der Waals surface area (Å²) in [6.07, 6.45) is 0. The molecule has 0 amide bonds.